The molecule has 6 heterocycles. The van der Waals surface area contributed by atoms with Gasteiger partial charge >= 0.3 is 0 Å². The number of carbonyl (C=O) groups excluding carboxylic acids is 7. The molecule has 6 fully saturated rings. The molecule has 1 N–H and O–H groups in total. The molecule has 13 nitrogen and oxygen atoms in total. The summed E-state index contributed by atoms with van der Waals surface area (Å²) < 4.78 is 0. The van der Waals surface area contributed by atoms with Gasteiger partial charge in [0.2, 0.25) is 41.4 Å². The highest BCUT2D eigenvalue weighted by Gasteiger charge is 2.54. The predicted octanol–water partition coefficient (Wildman–Crippen LogP) is 18.5. The Hall–Kier alpha value is -3.19. The molecular formula is C78H142N6O7. The summed E-state index contributed by atoms with van der Waals surface area (Å²) in [6.07, 6.45) is 47.4. The standard InChI is InChI=1S/C27H48N2O3.C26H48N2O2.C25H46N2O2/c1-7-8-9-10-11-12-13-14-15-16-17-22-18-24(31)28(25(22)32)23-19-26(3,4)29(21(2)30)27(5,6)20-23;1-7-8-9-10-11-12-13-14-15-16-17-21-18-23(29)28(24(21)30)22-19-25(2,3)27(6)26(4,5)20-22;1-6-7-8-9-10-11-12-13-14-15-16-20-17-22(28)27(23(20)29)21-18-24(2,3)26-25(4,5)19-21/h22-23H,7-20H2,1-6H3;21-22H,7-20H2,1-6H3;20-21,26H,6-19H2,1-5H3. The summed E-state index contributed by atoms with van der Waals surface area (Å²) in [7, 11) is 2.16. The van der Waals surface area contributed by atoms with E-state index < -0.39 is 0 Å². The van der Waals surface area contributed by atoms with Crippen LogP contribution in [-0.2, 0) is 33.6 Å². The molecule has 6 rings (SSSR count). The molecule has 0 spiro atoms. The van der Waals surface area contributed by atoms with Crippen molar-refractivity contribution in [3.05, 3.63) is 0 Å². The van der Waals surface area contributed by atoms with Crippen molar-refractivity contribution in [1.82, 2.24) is 29.8 Å². The number of hydrogen-bond donors (Lipinski definition) is 1. The lowest BCUT2D eigenvalue weighted by Crippen LogP contribution is -2.66. The lowest BCUT2D eigenvalue weighted by molar-refractivity contribution is -0.156. The smallest absolute Gasteiger partial charge is 0.233 e. The fourth-order valence-corrected chi connectivity index (χ4v) is 17.8. The molecule has 13 heteroatoms. The van der Waals surface area contributed by atoms with E-state index in [1.54, 1.807) is 21.6 Å². The minimum Gasteiger partial charge on any atom is -0.333 e. The molecule has 91 heavy (non-hydrogen) atoms. The van der Waals surface area contributed by atoms with Crippen LogP contribution in [0.15, 0.2) is 0 Å². The van der Waals surface area contributed by atoms with Gasteiger partial charge in [0.1, 0.15) is 0 Å². The Labute approximate surface area is 558 Å². The Morgan fingerprint density at radius 2 is 0.571 bits per heavy atom. The van der Waals surface area contributed by atoms with Gasteiger partial charge in [0.05, 0.1) is 0 Å². The zero-order chi connectivity index (χ0) is 67.8. The number of imide groups is 3. The highest BCUT2D eigenvalue weighted by Crippen LogP contribution is 2.44. The van der Waals surface area contributed by atoms with Gasteiger partial charge in [-0.2, -0.15) is 0 Å². The fraction of sp³-hybridized carbons (Fsp3) is 0.910. The first kappa shape index (κ1) is 80.2. The van der Waals surface area contributed by atoms with Crippen molar-refractivity contribution in [2.24, 2.45) is 17.8 Å². The zero-order valence-corrected chi connectivity index (χ0v) is 62.3. The second-order valence-corrected chi connectivity index (χ2v) is 33.7. The number of hydrogen-bond acceptors (Lipinski definition) is 9. The van der Waals surface area contributed by atoms with E-state index in [-0.39, 0.29) is 110 Å². The van der Waals surface area contributed by atoms with Crippen LogP contribution >= 0.6 is 0 Å². The number of unbranched alkanes of at least 4 members (excludes halogenated alkanes) is 27. The van der Waals surface area contributed by atoms with Crippen molar-refractivity contribution in [2.75, 3.05) is 7.05 Å². The summed E-state index contributed by atoms with van der Waals surface area (Å²) in [6.45, 7) is 34.2. The van der Waals surface area contributed by atoms with Crippen LogP contribution in [0.4, 0.5) is 0 Å². The van der Waals surface area contributed by atoms with E-state index in [1.165, 1.54) is 167 Å². The van der Waals surface area contributed by atoms with Crippen LogP contribution in [0, 0.1) is 17.8 Å². The monoisotopic (exact) mass is 1280 g/mol. The second kappa shape index (κ2) is 37.9. The van der Waals surface area contributed by atoms with Crippen molar-refractivity contribution in [1.29, 1.82) is 0 Å². The third-order valence-corrected chi connectivity index (χ3v) is 22.1. The fourth-order valence-electron chi connectivity index (χ4n) is 17.8. The SMILES string of the molecule is CCCCCCCCCCCCC1CC(=O)N(C2CC(C)(C)N(C(C)=O)C(C)(C)C2)C1=O.CCCCCCCCCCCCC1CC(=O)N(C2CC(C)(C)N(C)C(C)(C)C2)C1=O.CCCCCCCCCCCCC1CC(=O)N(C2CC(C)(C)NC(C)(C)C2)C1=O. The molecule has 0 radical (unpaired) electrons. The Kier molecular flexibility index (Phi) is 33.5. The third kappa shape index (κ3) is 25.4. The molecule has 6 aliphatic heterocycles. The van der Waals surface area contributed by atoms with Crippen LogP contribution in [0.2, 0.25) is 0 Å². The molecule has 526 valence electrons. The number of rotatable bonds is 36. The average molecular weight is 1280 g/mol. The Bertz CT molecular complexity index is 2200. The number of piperidine rings is 3. The van der Waals surface area contributed by atoms with Crippen LogP contribution in [0.5, 0.6) is 0 Å². The first-order valence-electron chi connectivity index (χ1n) is 38.2. The number of carbonyl (C=O) groups is 7. The topological polar surface area (TPSA) is 148 Å². The van der Waals surface area contributed by atoms with Crippen LogP contribution in [0.3, 0.4) is 0 Å². The van der Waals surface area contributed by atoms with Crippen LogP contribution in [0.25, 0.3) is 0 Å². The van der Waals surface area contributed by atoms with Gasteiger partial charge in [-0.25, -0.2) is 0 Å². The number of nitrogens with zero attached hydrogens (tertiary/aromatic N) is 5. The molecule has 6 aliphatic rings. The van der Waals surface area contributed by atoms with Crippen molar-refractivity contribution in [3.63, 3.8) is 0 Å². The van der Waals surface area contributed by atoms with Crippen molar-refractivity contribution < 1.29 is 33.6 Å². The number of likely N-dealkylation sites (tertiary alicyclic amines) is 5. The van der Waals surface area contributed by atoms with Crippen molar-refractivity contribution >= 4 is 41.4 Å². The molecular weight excluding hydrogens is 1130 g/mol. The summed E-state index contributed by atoms with van der Waals surface area (Å²) in [5.41, 5.74) is -0.896. The maximum Gasteiger partial charge on any atom is 0.233 e. The molecule has 0 aromatic heterocycles. The van der Waals surface area contributed by atoms with Gasteiger partial charge in [-0.15, -0.1) is 0 Å². The summed E-state index contributed by atoms with van der Waals surface area (Å²) in [6, 6.07) is -0.0313. The quantitative estimate of drug-likeness (QED) is 0.0478. The van der Waals surface area contributed by atoms with Gasteiger partial charge in [-0.1, -0.05) is 213 Å². The van der Waals surface area contributed by atoms with E-state index in [0.717, 1.165) is 70.6 Å². The van der Waals surface area contributed by atoms with Crippen LogP contribution in [-0.4, -0.2) is 124 Å². The third-order valence-electron chi connectivity index (χ3n) is 22.1. The van der Waals surface area contributed by atoms with E-state index in [1.807, 2.05) is 4.90 Å². The maximum absolute atomic E-state index is 13.2. The summed E-state index contributed by atoms with van der Waals surface area (Å²) in [4.78, 5) is 99.1. The van der Waals surface area contributed by atoms with Gasteiger partial charge in [0, 0.05) is 95.3 Å². The Balaban J connectivity index is 0.000000292. The zero-order valence-electron chi connectivity index (χ0n) is 62.3. The molecule has 0 saturated carbocycles. The van der Waals surface area contributed by atoms with Gasteiger partial charge in [0.25, 0.3) is 0 Å². The van der Waals surface area contributed by atoms with Gasteiger partial charge in [-0.3, -0.25) is 53.2 Å². The average Bonchev–Trinajstić information content (AvgIpc) is 1.72. The molecule has 7 amide bonds. The number of nitrogens with one attached hydrogen (secondary N) is 1. The van der Waals surface area contributed by atoms with Gasteiger partial charge in [0.15, 0.2) is 0 Å². The first-order chi connectivity index (χ1) is 42.8. The van der Waals surface area contributed by atoms with Crippen LogP contribution in [0.1, 0.15) is 380 Å². The van der Waals surface area contributed by atoms with E-state index in [9.17, 15) is 33.6 Å². The first-order valence-corrected chi connectivity index (χ1v) is 38.2. The molecule has 3 unspecified atom stereocenters. The normalized spacial score (nSPS) is 24.1. The molecule has 3 atom stereocenters. The minimum absolute atomic E-state index is 0.0123. The summed E-state index contributed by atoms with van der Waals surface area (Å²) >= 11 is 0. The summed E-state index contributed by atoms with van der Waals surface area (Å²) in [5.74, 6) is 0.115. The maximum atomic E-state index is 13.2. The van der Waals surface area contributed by atoms with Crippen molar-refractivity contribution in [3.8, 4) is 0 Å². The van der Waals surface area contributed by atoms with E-state index >= 15 is 0 Å². The molecule has 6 saturated heterocycles. The molecule has 0 aliphatic carbocycles. The highest BCUT2D eigenvalue weighted by atomic mass is 16.2. The Morgan fingerprint density at radius 3 is 0.813 bits per heavy atom. The lowest BCUT2D eigenvalue weighted by atomic mass is 9.76. The van der Waals surface area contributed by atoms with E-state index in [0.29, 0.717) is 32.1 Å². The second-order valence-electron chi connectivity index (χ2n) is 33.7. The minimum atomic E-state index is -0.382. The van der Waals surface area contributed by atoms with E-state index in [4.69, 9.17) is 0 Å². The molecule has 0 bridgehead atoms. The largest absolute Gasteiger partial charge is 0.333 e. The molecule has 0 aromatic carbocycles. The van der Waals surface area contributed by atoms with Crippen LogP contribution < -0.4 is 5.32 Å². The van der Waals surface area contributed by atoms with Gasteiger partial charge < -0.3 is 10.2 Å². The Morgan fingerprint density at radius 1 is 0.352 bits per heavy atom. The van der Waals surface area contributed by atoms with E-state index in [2.05, 4.69) is 121 Å². The molecule has 0 aromatic rings. The van der Waals surface area contributed by atoms with Crippen molar-refractivity contribution in [2.45, 2.75) is 432 Å². The number of amides is 7. The predicted molar refractivity (Wildman–Crippen MR) is 376 cm³/mol. The lowest BCUT2D eigenvalue weighted by Gasteiger charge is -2.56. The summed E-state index contributed by atoms with van der Waals surface area (Å²) in [5, 5.41) is 3.65. The highest BCUT2D eigenvalue weighted by molar-refractivity contribution is 6.05. The van der Waals surface area contributed by atoms with Gasteiger partial charge in [-0.05, 0) is 148 Å².